The van der Waals surface area contributed by atoms with Crippen molar-refractivity contribution in [3.63, 3.8) is 0 Å². The number of aryl methyl sites for hydroxylation is 1. The Kier molecular flexibility index (Phi) is 2.73. The summed E-state index contributed by atoms with van der Waals surface area (Å²) in [5, 5.41) is 4.98. The summed E-state index contributed by atoms with van der Waals surface area (Å²) in [4.78, 5) is 38.0. The van der Waals surface area contributed by atoms with Crippen molar-refractivity contribution in [3.8, 4) is 0 Å². The van der Waals surface area contributed by atoms with Gasteiger partial charge in [0.05, 0.1) is 16.3 Å². The molecule has 1 N–H and O–H groups in total. The maximum absolute atomic E-state index is 12.8. The summed E-state index contributed by atoms with van der Waals surface area (Å²) in [6, 6.07) is 0. The molecule has 8 heteroatoms. The normalized spacial score (nSPS) is 38.3. The number of nitrogens with zero attached hydrogens (tertiary/aromatic N) is 3. The van der Waals surface area contributed by atoms with Crippen molar-refractivity contribution in [1.82, 2.24) is 20.2 Å². The molecule has 1 aromatic rings. The number of hydrogen-bond donors (Lipinski definition) is 1. The van der Waals surface area contributed by atoms with E-state index in [1.807, 2.05) is 0 Å². The maximum Gasteiger partial charge on any atom is 0.291 e. The molecule has 7 nitrogen and oxygen atoms in total. The molecule has 6 atom stereocenters. The lowest BCUT2D eigenvalue weighted by atomic mass is 9.63. The Bertz CT molecular complexity index is 795. The molecule has 124 valence electrons. The number of halogens is 1. The molecule has 0 unspecified atom stereocenters. The molecule has 3 fully saturated rings. The minimum atomic E-state index is -0.562. The largest absolute Gasteiger partial charge is 0.291 e. The van der Waals surface area contributed by atoms with Gasteiger partial charge >= 0.3 is 0 Å². The molecule has 0 radical (unpaired) electrons. The first kappa shape index (κ1) is 14.4. The van der Waals surface area contributed by atoms with Crippen molar-refractivity contribution >= 4 is 33.7 Å². The minimum absolute atomic E-state index is 0.143. The summed E-state index contributed by atoms with van der Waals surface area (Å²) in [6.45, 7) is 0. The summed E-state index contributed by atoms with van der Waals surface area (Å²) >= 11 is 3.26. The van der Waals surface area contributed by atoms with Crippen LogP contribution in [-0.2, 0) is 16.6 Å². The van der Waals surface area contributed by atoms with Crippen LogP contribution in [0.5, 0.6) is 0 Å². The summed E-state index contributed by atoms with van der Waals surface area (Å²) in [5.41, 5.74) is 2.62. The van der Waals surface area contributed by atoms with Crippen LogP contribution >= 0.6 is 15.9 Å². The van der Waals surface area contributed by atoms with Gasteiger partial charge < -0.3 is 0 Å². The first-order valence-electron chi connectivity index (χ1n) is 8.03. The van der Waals surface area contributed by atoms with E-state index in [1.165, 1.54) is 4.68 Å². The Morgan fingerprint density at radius 1 is 1.21 bits per heavy atom. The number of hydrogen-bond acceptors (Lipinski definition) is 4. The van der Waals surface area contributed by atoms with Gasteiger partial charge in [-0.3, -0.25) is 24.5 Å². The molecule has 4 aliphatic carbocycles. The lowest BCUT2D eigenvalue weighted by Crippen LogP contribution is -2.47. The zero-order valence-corrected chi connectivity index (χ0v) is 14.4. The number of carbonyl (C=O) groups excluding carboxylic acids is 3. The molecule has 2 saturated carbocycles. The smallest absolute Gasteiger partial charge is 0.274 e. The van der Waals surface area contributed by atoms with Crippen molar-refractivity contribution in [2.24, 2.45) is 42.6 Å². The van der Waals surface area contributed by atoms with E-state index in [4.69, 9.17) is 0 Å². The van der Waals surface area contributed by atoms with E-state index in [0.717, 1.165) is 11.4 Å². The quantitative estimate of drug-likeness (QED) is 0.599. The third kappa shape index (κ3) is 1.72. The molecular formula is C16H15BrN4O3. The van der Waals surface area contributed by atoms with Gasteiger partial charge in [-0.15, -0.1) is 0 Å². The van der Waals surface area contributed by atoms with Crippen LogP contribution < -0.4 is 5.43 Å². The van der Waals surface area contributed by atoms with Crippen LogP contribution in [0.2, 0.25) is 0 Å². The molecule has 2 bridgehead atoms. The molecule has 0 spiro atoms. The van der Waals surface area contributed by atoms with E-state index in [1.54, 1.807) is 13.2 Å². The highest BCUT2D eigenvalue weighted by molar-refractivity contribution is 9.10. The van der Waals surface area contributed by atoms with Gasteiger partial charge in [0.2, 0.25) is 0 Å². The second-order valence-electron chi connectivity index (χ2n) is 7.11. The number of amides is 3. The maximum atomic E-state index is 12.8. The lowest BCUT2D eigenvalue weighted by Gasteiger charge is -2.37. The van der Waals surface area contributed by atoms with Crippen molar-refractivity contribution in [3.05, 3.63) is 28.5 Å². The van der Waals surface area contributed by atoms with Gasteiger partial charge in [-0.1, -0.05) is 12.2 Å². The summed E-state index contributed by atoms with van der Waals surface area (Å²) in [5.74, 6) is -0.391. The van der Waals surface area contributed by atoms with E-state index >= 15 is 0 Å². The molecule has 2 heterocycles. The first-order valence-corrected chi connectivity index (χ1v) is 8.83. The summed E-state index contributed by atoms with van der Waals surface area (Å²) in [7, 11) is 1.69. The van der Waals surface area contributed by atoms with Crippen molar-refractivity contribution in [2.75, 3.05) is 0 Å². The van der Waals surface area contributed by atoms with Crippen LogP contribution in [0, 0.1) is 35.5 Å². The minimum Gasteiger partial charge on any atom is -0.274 e. The average Bonchev–Trinajstić information content (AvgIpc) is 3.26. The predicted octanol–water partition coefficient (Wildman–Crippen LogP) is 0.881. The van der Waals surface area contributed by atoms with Crippen LogP contribution in [-0.4, -0.2) is 32.5 Å². The Morgan fingerprint density at radius 3 is 2.29 bits per heavy atom. The fourth-order valence-corrected chi connectivity index (χ4v) is 5.39. The average molecular weight is 391 g/mol. The topological polar surface area (TPSA) is 84.3 Å². The van der Waals surface area contributed by atoms with Gasteiger partial charge in [-0.2, -0.15) is 10.1 Å². The van der Waals surface area contributed by atoms with Gasteiger partial charge in [-0.25, -0.2) is 0 Å². The third-order valence-corrected chi connectivity index (χ3v) is 6.46. The van der Waals surface area contributed by atoms with Crippen molar-refractivity contribution in [1.29, 1.82) is 0 Å². The van der Waals surface area contributed by atoms with Gasteiger partial charge in [0.1, 0.15) is 0 Å². The third-order valence-electron chi connectivity index (χ3n) is 5.88. The number of imide groups is 1. The zero-order valence-electron chi connectivity index (χ0n) is 12.8. The fraction of sp³-hybridized carbons (Fsp3) is 0.500. The van der Waals surface area contributed by atoms with E-state index in [0.29, 0.717) is 16.3 Å². The van der Waals surface area contributed by atoms with E-state index < -0.39 is 5.91 Å². The summed E-state index contributed by atoms with van der Waals surface area (Å²) < 4.78 is 2.01. The molecule has 1 aliphatic heterocycles. The number of hydrazine groups is 1. The Labute approximate surface area is 146 Å². The Hall–Kier alpha value is -1.96. The molecule has 5 aliphatic rings. The Morgan fingerprint density at radius 2 is 1.79 bits per heavy atom. The highest BCUT2D eigenvalue weighted by Gasteiger charge is 2.67. The van der Waals surface area contributed by atoms with Crippen molar-refractivity contribution < 1.29 is 14.4 Å². The molecule has 6 rings (SSSR count). The van der Waals surface area contributed by atoms with Gasteiger partial charge in [0.25, 0.3) is 17.7 Å². The lowest BCUT2D eigenvalue weighted by molar-refractivity contribution is -0.143. The molecule has 24 heavy (non-hydrogen) atoms. The number of nitrogens with one attached hydrogen (secondary N) is 1. The highest BCUT2D eigenvalue weighted by Crippen LogP contribution is 2.65. The summed E-state index contributed by atoms with van der Waals surface area (Å²) in [6.07, 6.45) is 6.96. The highest BCUT2D eigenvalue weighted by atomic mass is 79.9. The number of rotatable bonds is 2. The molecule has 1 saturated heterocycles. The first-order chi connectivity index (χ1) is 11.5. The van der Waals surface area contributed by atoms with E-state index in [9.17, 15) is 14.4 Å². The second-order valence-corrected chi connectivity index (χ2v) is 7.96. The van der Waals surface area contributed by atoms with Crippen molar-refractivity contribution in [2.45, 2.75) is 6.42 Å². The van der Waals surface area contributed by atoms with Gasteiger partial charge in [0, 0.05) is 13.2 Å². The van der Waals surface area contributed by atoms with Crippen LogP contribution in [0.3, 0.4) is 0 Å². The molecule has 1 aromatic heterocycles. The van der Waals surface area contributed by atoms with Crippen LogP contribution in [0.4, 0.5) is 0 Å². The Balaban J connectivity index is 1.42. The number of allylic oxidation sites excluding steroid dienone is 2. The van der Waals surface area contributed by atoms with Crippen LogP contribution in [0.15, 0.2) is 22.8 Å². The van der Waals surface area contributed by atoms with Gasteiger partial charge in [-0.05, 0) is 46.0 Å². The molecule has 0 aromatic carbocycles. The van der Waals surface area contributed by atoms with Crippen LogP contribution in [0.1, 0.15) is 16.9 Å². The zero-order chi connectivity index (χ0) is 16.7. The number of carbonyl (C=O) groups is 3. The van der Waals surface area contributed by atoms with Gasteiger partial charge in [0.15, 0.2) is 5.69 Å². The standard InChI is InChI=1S/C16H15BrN4O3/c1-20-5-10(17)13(18-20)14(22)19-21-15(23)11-6-2-3-7(9-4-8(6)9)12(11)16(21)24/h2-3,5-9,11-12H,4H2,1H3,(H,19,22)/t6-,7-,8-,9+,11-,12-/m1/s1. The molecular weight excluding hydrogens is 376 g/mol. The molecule has 3 amide bonds. The SMILES string of the molecule is Cn1cc(Br)c(C(=O)NN2C(=O)[C@@H]3[C@@H]4C=C[C@H]([C@@H]5C[C@H]45)[C@H]3C2=O)n1. The van der Waals surface area contributed by atoms with Crippen LogP contribution in [0.25, 0.3) is 0 Å². The number of aromatic nitrogens is 2. The van der Waals surface area contributed by atoms with E-state index in [2.05, 4.69) is 38.6 Å². The van der Waals surface area contributed by atoms with E-state index in [-0.39, 0.29) is 41.2 Å². The fourth-order valence-electron chi connectivity index (χ4n) is 4.84. The second kappa shape index (κ2) is 4.56. The monoisotopic (exact) mass is 390 g/mol. The predicted molar refractivity (Wildman–Crippen MR) is 84.9 cm³/mol.